The molecular formula is C16H25NS. The van der Waals surface area contributed by atoms with Crippen LogP contribution in [0.5, 0.6) is 0 Å². The van der Waals surface area contributed by atoms with Crippen LogP contribution in [0.2, 0.25) is 0 Å². The summed E-state index contributed by atoms with van der Waals surface area (Å²) in [5.41, 5.74) is 2.83. The molecule has 18 heavy (non-hydrogen) atoms. The fraction of sp³-hybridized carbons (Fsp3) is 0.625. The Balaban J connectivity index is 1.85. The van der Waals surface area contributed by atoms with Gasteiger partial charge in [0.05, 0.1) is 0 Å². The van der Waals surface area contributed by atoms with E-state index in [9.17, 15) is 0 Å². The van der Waals surface area contributed by atoms with Gasteiger partial charge in [0, 0.05) is 17.8 Å². The minimum atomic E-state index is 0.465. The van der Waals surface area contributed by atoms with Crippen molar-refractivity contribution >= 4 is 11.8 Å². The van der Waals surface area contributed by atoms with Crippen molar-refractivity contribution in [1.82, 2.24) is 5.32 Å². The van der Waals surface area contributed by atoms with E-state index in [4.69, 9.17) is 0 Å². The van der Waals surface area contributed by atoms with Crippen molar-refractivity contribution in [3.8, 4) is 0 Å². The second-order valence-corrected chi connectivity index (χ2v) is 6.99. The van der Waals surface area contributed by atoms with Gasteiger partial charge in [-0.1, -0.05) is 38.1 Å². The average molecular weight is 263 g/mol. The quantitative estimate of drug-likeness (QED) is 0.847. The molecule has 1 aliphatic heterocycles. The van der Waals surface area contributed by atoms with Crippen molar-refractivity contribution in [2.24, 2.45) is 0 Å². The Bertz CT molecular complexity index is 352. The van der Waals surface area contributed by atoms with Gasteiger partial charge in [-0.05, 0) is 42.6 Å². The summed E-state index contributed by atoms with van der Waals surface area (Å²) < 4.78 is 0. The fourth-order valence-corrected chi connectivity index (χ4v) is 3.62. The number of benzene rings is 1. The highest BCUT2D eigenvalue weighted by molar-refractivity contribution is 8.00. The zero-order chi connectivity index (χ0) is 13.0. The van der Waals surface area contributed by atoms with E-state index < -0.39 is 0 Å². The Morgan fingerprint density at radius 3 is 2.39 bits per heavy atom. The molecule has 1 N–H and O–H groups in total. The third-order valence-electron chi connectivity index (χ3n) is 3.78. The monoisotopic (exact) mass is 263 g/mol. The van der Waals surface area contributed by atoms with E-state index in [1.54, 1.807) is 0 Å². The van der Waals surface area contributed by atoms with Crippen molar-refractivity contribution in [2.75, 3.05) is 12.3 Å². The minimum Gasteiger partial charge on any atom is -0.309 e. The van der Waals surface area contributed by atoms with Crippen molar-refractivity contribution in [2.45, 2.75) is 50.8 Å². The highest BCUT2D eigenvalue weighted by Gasteiger charge is 2.16. The molecule has 0 amide bonds. The van der Waals surface area contributed by atoms with E-state index in [-0.39, 0.29) is 0 Å². The predicted molar refractivity (Wildman–Crippen MR) is 82.4 cm³/mol. The molecule has 1 aromatic carbocycles. The van der Waals surface area contributed by atoms with Gasteiger partial charge in [0.2, 0.25) is 0 Å². The average Bonchev–Trinajstić information content (AvgIpc) is 2.89. The van der Waals surface area contributed by atoms with Gasteiger partial charge in [0.15, 0.2) is 0 Å². The van der Waals surface area contributed by atoms with Gasteiger partial charge < -0.3 is 5.32 Å². The summed E-state index contributed by atoms with van der Waals surface area (Å²) in [6.07, 6.45) is 2.78. The molecule has 0 aliphatic carbocycles. The molecule has 0 radical (unpaired) electrons. The van der Waals surface area contributed by atoms with E-state index in [1.807, 2.05) is 0 Å². The van der Waals surface area contributed by atoms with Gasteiger partial charge in [0.1, 0.15) is 0 Å². The predicted octanol–water partition coefficient (Wildman–Crippen LogP) is 4.36. The van der Waals surface area contributed by atoms with Gasteiger partial charge in [-0.15, -0.1) is 0 Å². The molecule has 0 spiro atoms. The Labute approximate surface area is 116 Å². The summed E-state index contributed by atoms with van der Waals surface area (Å²) in [7, 11) is 0. The van der Waals surface area contributed by atoms with Crippen LogP contribution in [0, 0.1) is 0 Å². The second kappa shape index (κ2) is 6.63. The molecule has 100 valence electrons. The van der Waals surface area contributed by atoms with Crippen LogP contribution in [-0.4, -0.2) is 17.5 Å². The Morgan fingerprint density at radius 2 is 1.83 bits per heavy atom. The summed E-state index contributed by atoms with van der Waals surface area (Å²) in [5, 5.41) is 4.50. The first-order valence-electron chi connectivity index (χ1n) is 7.11. The first kappa shape index (κ1) is 14.0. The lowest BCUT2D eigenvalue weighted by Gasteiger charge is -2.18. The molecule has 1 aromatic rings. The largest absolute Gasteiger partial charge is 0.309 e. The summed E-state index contributed by atoms with van der Waals surface area (Å²) in [6.45, 7) is 7.91. The standard InChI is InChI=1S/C16H25NS/c1-12(2)14-6-8-15(9-7-14)13(3)17-11-16-5-4-10-18-16/h6-9,12-13,16-17H,4-5,10-11H2,1-3H3. The number of thioether (sulfide) groups is 1. The minimum absolute atomic E-state index is 0.465. The second-order valence-electron chi connectivity index (χ2n) is 5.59. The number of rotatable bonds is 5. The van der Waals surface area contributed by atoms with E-state index in [1.165, 1.54) is 29.7 Å². The van der Waals surface area contributed by atoms with Crippen molar-refractivity contribution in [3.05, 3.63) is 35.4 Å². The molecule has 2 heteroatoms. The van der Waals surface area contributed by atoms with Gasteiger partial charge in [-0.2, -0.15) is 11.8 Å². The van der Waals surface area contributed by atoms with Crippen LogP contribution in [0.25, 0.3) is 0 Å². The van der Waals surface area contributed by atoms with E-state index in [2.05, 4.69) is 62.1 Å². The lowest BCUT2D eigenvalue weighted by Crippen LogP contribution is -2.26. The van der Waals surface area contributed by atoms with Gasteiger partial charge in [-0.3, -0.25) is 0 Å². The molecule has 1 heterocycles. The zero-order valence-corrected chi connectivity index (χ0v) is 12.6. The molecule has 1 fully saturated rings. The van der Waals surface area contributed by atoms with Crippen molar-refractivity contribution in [1.29, 1.82) is 0 Å². The lowest BCUT2D eigenvalue weighted by molar-refractivity contribution is 0.559. The normalized spacial score (nSPS) is 21.4. The maximum absolute atomic E-state index is 3.67. The van der Waals surface area contributed by atoms with Crippen molar-refractivity contribution < 1.29 is 0 Å². The molecule has 2 unspecified atom stereocenters. The summed E-state index contributed by atoms with van der Waals surface area (Å²) in [6, 6.07) is 9.54. The molecule has 0 aromatic heterocycles. The maximum Gasteiger partial charge on any atom is 0.0292 e. The molecule has 0 bridgehead atoms. The van der Waals surface area contributed by atoms with E-state index in [0.29, 0.717) is 12.0 Å². The van der Waals surface area contributed by atoms with Crippen LogP contribution < -0.4 is 5.32 Å². The van der Waals surface area contributed by atoms with Crippen molar-refractivity contribution in [3.63, 3.8) is 0 Å². The van der Waals surface area contributed by atoms with Crippen LogP contribution in [0.15, 0.2) is 24.3 Å². The first-order chi connectivity index (χ1) is 8.66. The number of hydrogen-bond donors (Lipinski definition) is 1. The number of nitrogens with one attached hydrogen (secondary N) is 1. The highest BCUT2D eigenvalue weighted by Crippen LogP contribution is 2.26. The maximum atomic E-state index is 3.67. The SMILES string of the molecule is CC(C)c1ccc(C(C)NCC2CCCS2)cc1. The Morgan fingerprint density at radius 1 is 1.17 bits per heavy atom. The van der Waals surface area contributed by atoms with Crippen LogP contribution in [0.1, 0.15) is 56.7 Å². The zero-order valence-electron chi connectivity index (χ0n) is 11.8. The van der Waals surface area contributed by atoms with Gasteiger partial charge in [-0.25, -0.2) is 0 Å². The van der Waals surface area contributed by atoms with Crippen LogP contribution >= 0.6 is 11.8 Å². The van der Waals surface area contributed by atoms with Crippen LogP contribution in [0.4, 0.5) is 0 Å². The Kier molecular flexibility index (Phi) is 5.13. The smallest absolute Gasteiger partial charge is 0.0292 e. The van der Waals surface area contributed by atoms with E-state index in [0.717, 1.165) is 11.8 Å². The summed E-state index contributed by atoms with van der Waals surface area (Å²) in [5.74, 6) is 1.97. The molecule has 2 atom stereocenters. The summed E-state index contributed by atoms with van der Waals surface area (Å²) in [4.78, 5) is 0. The van der Waals surface area contributed by atoms with Gasteiger partial charge >= 0.3 is 0 Å². The first-order valence-corrected chi connectivity index (χ1v) is 8.16. The lowest BCUT2D eigenvalue weighted by atomic mass is 9.99. The number of hydrogen-bond acceptors (Lipinski definition) is 2. The Hall–Kier alpha value is -0.470. The molecule has 1 aliphatic rings. The van der Waals surface area contributed by atoms with Crippen LogP contribution in [-0.2, 0) is 0 Å². The molecule has 1 nitrogen and oxygen atoms in total. The fourth-order valence-electron chi connectivity index (χ4n) is 2.40. The third kappa shape index (κ3) is 3.76. The highest BCUT2D eigenvalue weighted by atomic mass is 32.2. The topological polar surface area (TPSA) is 12.0 Å². The van der Waals surface area contributed by atoms with E-state index >= 15 is 0 Å². The summed E-state index contributed by atoms with van der Waals surface area (Å²) >= 11 is 2.12. The molecule has 2 rings (SSSR count). The van der Waals surface area contributed by atoms with Crippen LogP contribution in [0.3, 0.4) is 0 Å². The molecular weight excluding hydrogens is 238 g/mol. The van der Waals surface area contributed by atoms with Gasteiger partial charge in [0.25, 0.3) is 0 Å². The molecule has 0 saturated carbocycles. The molecule has 1 saturated heterocycles. The third-order valence-corrected chi connectivity index (χ3v) is 5.18.